The first-order valence-corrected chi connectivity index (χ1v) is 6.47. The van der Waals surface area contributed by atoms with Crippen LogP contribution in [0.15, 0.2) is 30.3 Å². The zero-order valence-electron chi connectivity index (χ0n) is 9.82. The average Bonchev–Trinajstić information content (AvgIpc) is 2.41. The van der Waals surface area contributed by atoms with E-state index in [4.69, 9.17) is 40.1 Å². The summed E-state index contributed by atoms with van der Waals surface area (Å²) in [5, 5.41) is 11.9. The molecule has 0 aliphatic rings. The highest BCUT2D eigenvalue weighted by Gasteiger charge is 2.13. The van der Waals surface area contributed by atoms with Crippen molar-refractivity contribution in [2.24, 2.45) is 0 Å². The van der Waals surface area contributed by atoms with E-state index in [0.717, 1.165) is 0 Å². The van der Waals surface area contributed by atoms with Crippen LogP contribution in [-0.2, 0) is 0 Å². The summed E-state index contributed by atoms with van der Waals surface area (Å²) in [7, 11) is 0. The quantitative estimate of drug-likeness (QED) is 0.842. The van der Waals surface area contributed by atoms with E-state index in [1.165, 1.54) is 24.3 Å². The molecule has 1 N–H and O–H groups in total. The SMILES string of the molecule is N#Cc1ccc(NC(=O)c2nc(Cl)ccc2Cl)cc1Cl. The van der Waals surface area contributed by atoms with Gasteiger partial charge in [-0.15, -0.1) is 0 Å². The van der Waals surface area contributed by atoms with Crippen molar-refractivity contribution >= 4 is 46.4 Å². The molecular formula is C13H6Cl3N3O. The molecule has 1 heterocycles. The predicted molar refractivity (Wildman–Crippen MR) is 78.4 cm³/mol. The third kappa shape index (κ3) is 3.20. The summed E-state index contributed by atoms with van der Waals surface area (Å²) in [4.78, 5) is 15.9. The number of nitrogens with zero attached hydrogens (tertiary/aromatic N) is 2. The number of benzene rings is 1. The van der Waals surface area contributed by atoms with Gasteiger partial charge in [-0.3, -0.25) is 4.79 Å². The zero-order valence-corrected chi connectivity index (χ0v) is 12.1. The third-order valence-corrected chi connectivity index (χ3v) is 3.20. The average molecular weight is 327 g/mol. The summed E-state index contributed by atoms with van der Waals surface area (Å²) in [5.41, 5.74) is 0.764. The van der Waals surface area contributed by atoms with Crippen LogP contribution in [0.4, 0.5) is 5.69 Å². The Bertz CT molecular complexity index is 725. The summed E-state index contributed by atoms with van der Waals surface area (Å²) < 4.78 is 0. The smallest absolute Gasteiger partial charge is 0.275 e. The van der Waals surface area contributed by atoms with Crippen molar-refractivity contribution in [3.63, 3.8) is 0 Å². The molecule has 7 heteroatoms. The second-order valence-electron chi connectivity index (χ2n) is 3.72. The van der Waals surface area contributed by atoms with Gasteiger partial charge in [-0.25, -0.2) is 4.98 Å². The summed E-state index contributed by atoms with van der Waals surface area (Å²) in [6.07, 6.45) is 0. The van der Waals surface area contributed by atoms with E-state index in [0.29, 0.717) is 11.3 Å². The molecule has 1 aromatic carbocycles. The Morgan fingerprint density at radius 2 is 1.90 bits per heavy atom. The van der Waals surface area contributed by atoms with Gasteiger partial charge in [-0.1, -0.05) is 34.8 Å². The molecule has 0 radical (unpaired) electrons. The fraction of sp³-hybridized carbons (Fsp3) is 0. The van der Waals surface area contributed by atoms with Gasteiger partial charge < -0.3 is 5.32 Å². The molecule has 2 aromatic rings. The van der Waals surface area contributed by atoms with E-state index in [9.17, 15) is 4.79 Å². The van der Waals surface area contributed by atoms with Crippen molar-refractivity contribution in [1.29, 1.82) is 5.26 Å². The number of nitriles is 1. The van der Waals surface area contributed by atoms with E-state index < -0.39 is 5.91 Å². The first-order valence-electron chi connectivity index (χ1n) is 5.34. The lowest BCUT2D eigenvalue weighted by atomic mass is 10.2. The molecule has 100 valence electrons. The molecule has 0 spiro atoms. The van der Waals surface area contributed by atoms with E-state index in [1.807, 2.05) is 6.07 Å². The molecule has 0 aliphatic carbocycles. The fourth-order valence-corrected chi connectivity index (χ4v) is 2.01. The van der Waals surface area contributed by atoms with Crippen LogP contribution in [0, 0.1) is 11.3 Å². The third-order valence-electron chi connectivity index (χ3n) is 2.37. The standard InChI is InChI=1S/C13H6Cl3N3O/c14-9-3-4-11(16)19-12(9)13(20)18-8-2-1-7(6-17)10(15)5-8/h1-5H,(H,18,20). The molecule has 4 nitrogen and oxygen atoms in total. The lowest BCUT2D eigenvalue weighted by molar-refractivity contribution is 0.102. The van der Waals surface area contributed by atoms with Crippen LogP contribution in [0.1, 0.15) is 16.1 Å². The molecule has 0 atom stereocenters. The molecule has 0 saturated carbocycles. The van der Waals surface area contributed by atoms with E-state index >= 15 is 0 Å². The van der Waals surface area contributed by atoms with Crippen molar-refractivity contribution in [3.8, 4) is 6.07 Å². The number of hydrogen-bond donors (Lipinski definition) is 1. The second-order valence-corrected chi connectivity index (χ2v) is 4.93. The summed E-state index contributed by atoms with van der Waals surface area (Å²) in [6, 6.07) is 9.43. The van der Waals surface area contributed by atoms with Crippen LogP contribution in [0.3, 0.4) is 0 Å². The molecule has 0 fully saturated rings. The summed E-state index contributed by atoms with van der Waals surface area (Å²) in [5.74, 6) is -0.515. The number of carbonyl (C=O) groups is 1. The Labute approximate surface area is 129 Å². The molecule has 0 unspecified atom stereocenters. The maximum Gasteiger partial charge on any atom is 0.275 e. The number of hydrogen-bond acceptors (Lipinski definition) is 3. The van der Waals surface area contributed by atoms with Crippen LogP contribution < -0.4 is 5.32 Å². The lowest BCUT2D eigenvalue weighted by Gasteiger charge is -2.07. The van der Waals surface area contributed by atoms with Gasteiger partial charge in [0, 0.05) is 5.69 Å². The van der Waals surface area contributed by atoms with Gasteiger partial charge in [0.1, 0.15) is 16.9 Å². The van der Waals surface area contributed by atoms with E-state index in [-0.39, 0.29) is 20.9 Å². The molecular weight excluding hydrogens is 321 g/mol. The second kappa shape index (κ2) is 6.10. The van der Waals surface area contributed by atoms with Gasteiger partial charge in [-0.2, -0.15) is 5.26 Å². The predicted octanol–water partition coefficient (Wildman–Crippen LogP) is 4.17. The molecule has 0 aliphatic heterocycles. The van der Waals surface area contributed by atoms with Crippen LogP contribution in [0.5, 0.6) is 0 Å². The number of nitrogens with one attached hydrogen (secondary N) is 1. The molecule has 0 saturated heterocycles. The van der Waals surface area contributed by atoms with Gasteiger partial charge in [-0.05, 0) is 30.3 Å². The Morgan fingerprint density at radius 3 is 2.55 bits per heavy atom. The maximum absolute atomic E-state index is 12.0. The van der Waals surface area contributed by atoms with Crippen molar-refractivity contribution < 1.29 is 4.79 Å². The Hall–Kier alpha value is -1.80. The normalized spacial score (nSPS) is 9.90. The first-order chi connectivity index (χ1) is 9.51. The minimum absolute atomic E-state index is 0.0136. The molecule has 20 heavy (non-hydrogen) atoms. The van der Waals surface area contributed by atoms with Crippen LogP contribution in [-0.4, -0.2) is 10.9 Å². The Balaban J connectivity index is 2.26. The highest BCUT2D eigenvalue weighted by Crippen LogP contribution is 2.22. The summed E-state index contributed by atoms with van der Waals surface area (Å²) >= 11 is 17.5. The Morgan fingerprint density at radius 1 is 1.15 bits per heavy atom. The number of amides is 1. The topological polar surface area (TPSA) is 65.8 Å². The number of rotatable bonds is 2. The molecule has 0 bridgehead atoms. The number of carbonyl (C=O) groups excluding carboxylic acids is 1. The monoisotopic (exact) mass is 325 g/mol. The van der Waals surface area contributed by atoms with Crippen LogP contribution in [0.2, 0.25) is 15.2 Å². The number of halogens is 3. The van der Waals surface area contributed by atoms with Crippen molar-refractivity contribution in [1.82, 2.24) is 4.98 Å². The highest BCUT2D eigenvalue weighted by molar-refractivity contribution is 6.35. The van der Waals surface area contributed by atoms with E-state index in [2.05, 4.69) is 10.3 Å². The van der Waals surface area contributed by atoms with Crippen molar-refractivity contribution in [3.05, 3.63) is 56.8 Å². The Kier molecular flexibility index (Phi) is 4.46. The highest BCUT2D eigenvalue weighted by atomic mass is 35.5. The molecule has 2 rings (SSSR count). The van der Waals surface area contributed by atoms with Crippen LogP contribution >= 0.6 is 34.8 Å². The van der Waals surface area contributed by atoms with Crippen molar-refractivity contribution in [2.75, 3.05) is 5.32 Å². The van der Waals surface area contributed by atoms with Crippen molar-refractivity contribution in [2.45, 2.75) is 0 Å². The number of pyridine rings is 1. The lowest BCUT2D eigenvalue weighted by Crippen LogP contribution is -2.14. The van der Waals surface area contributed by atoms with Crippen LogP contribution in [0.25, 0.3) is 0 Å². The molecule has 1 amide bonds. The van der Waals surface area contributed by atoms with Gasteiger partial charge in [0.15, 0.2) is 0 Å². The maximum atomic E-state index is 12.0. The largest absolute Gasteiger partial charge is 0.321 e. The first kappa shape index (κ1) is 14.6. The minimum atomic E-state index is -0.515. The summed E-state index contributed by atoms with van der Waals surface area (Å²) in [6.45, 7) is 0. The van der Waals surface area contributed by atoms with Gasteiger partial charge in [0.25, 0.3) is 5.91 Å². The van der Waals surface area contributed by atoms with Gasteiger partial charge >= 0.3 is 0 Å². The molecule has 1 aromatic heterocycles. The minimum Gasteiger partial charge on any atom is -0.321 e. The van der Waals surface area contributed by atoms with Gasteiger partial charge in [0.2, 0.25) is 0 Å². The number of aromatic nitrogens is 1. The fourth-order valence-electron chi connectivity index (χ4n) is 1.45. The van der Waals surface area contributed by atoms with E-state index in [1.54, 1.807) is 6.07 Å². The zero-order chi connectivity index (χ0) is 14.7. The van der Waals surface area contributed by atoms with Gasteiger partial charge in [0.05, 0.1) is 15.6 Å². The number of anilines is 1.